The molecule has 1 aliphatic heterocycles. The summed E-state index contributed by atoms with van der Waals surface area (Å²) in [5.74, 6) is -1.17. The minimum atomic E-state index is -4.86. The molecule has 1 aliphatic rings. The van der Waals surface area contributed by atoms with Gasteiger partial charge in [0.2, 0.25) is 0 Å². The van der Waals surface area contributed by atoms with Crippen LogP contribution in [0.5, 0.6) is 0 Å². The number of amides is 1. The van der Waals surface area contributed by atoms with Gasteiger partial charge in [-0.15, -0.1) is 0 Å². The molecule has 0 aromatic heterocycles. The lowest BCUT2D eigenvalue weighted by Crippen LogP contribution is -2.41. The van der Waals surface area contributed by atoms with Crippen LogP contribution < -0.4 is 11.2 Å². The van der Waals surface area contributed by atoms with Crippen LogP contribution in [0.4, 0.5) is 22.4 Å². The van der Waals surface area contributed by atoms with Gasteiger partial charge in [-0.3, -0.25) is 0 Å². The Balaban J connectivity index is 2.49. The van der Waals surface area contributed by atoms with Crippen LogP contribution in [0, 0.1) is 5.82 Å². The molecular weight excluding hydrogens is 345 g/mol. The Morgan fingerprint density at radius 3 is 2.16 bits per heavy atom. The van der Waals surface area contributed by atoms with Gasteiger partial charge < -0.3 is 19.8 Å². The number of nitrogens with two attached hydrogens (primary N) is 1. The van der Waals surface area contributed by atoms with Crippen molar-refractivity contribution >= 4 is 18.7 Å². The third-order valence-electron chi connectivity index (χ3n) is 4.36. The number of benzene rings is 1. The second kappa shape index (κ2) is 6.17. The molecule has 1 fully saturated rings. The van der Waals surface area contributed by atoms with Gasteiger partial charge >= 0.3 is 19.4 Å². The van der Waals surface area contributed by atoms with Gasteiger partial charge in [-0.05, 0) is 45.4 Å². The largest absolute Gasteiger partial charge is 0.498 e. The summed E-state index contributed by atoms with van der Waals surface area (Å²) < 4.78 is 70.3. The minimum absolute atomic E-state index is 0.191. The summed E-state index contributed by atoms with van der Waals surface area (Å²) in [6.07, 6.45) is -6.04. The zero-order valence-corrected chi connectivity index (χ0v) is 14.2. The fourth-order valence-corrected chi connectivity index (χ4v) is 2.35. The SMILES string of the molecule is CC1(C)OB(c2c(F)cc(COC(N)=O)cc2C(F)(F)F)OC1(C)C. The number of hydrogen-bond acceptors (Lipinski definition) is 4. The van der Waals surface area contributed by atoms with E-state index in [1.807, 2.05) is 0 Å². The Bertz CT molecular complexity index is 675. The van der Waals surface area contributed by atoms with E-state index in [4.69, 9.17) is 15.0 Å². The molecule has 0 saturated carbocycles. The Labute approximate surface area is 142 Å². The monoisotopic (exact) mass is 363 g/mol. The Kier molecular flexibility index (Phi) is 4.82. The van der Waals surface area contributed by atoms with E-state index in [1.54, 1.807) is 27.7 Å². The molecule has 0 bridgehead atoms. The first-order valence-corrected chi connectivity index (χ1v) is 7.42. The molecular formula is C15H18BF4NO4. The Morgan fingerprint density at radius 2 is 1.72 bits per heavy atom. The molecule has 1 heterocycles. The molecule has 2 N–H and O–H groups in total. The van der Waals surface area contributed by atoms with Crippen molar-refractivity contribution in [3.63, 3.8) is 0 Å². The average Bonchev–Trinajstić information content (AvgIpc) is 2.63. The van der Waals surface area contributed by atoms with Crippen LogP contribution in [0.1, 0.15) is 38.8 Å². The average molecular weight is 363 g/mol. The highest BCUT2D eigenvalue weighted by molar-refractivity contribution is 6.62. The van der Waals surface area contributed by atoms with Crippen LogP contribution in [0.3, 0.4) is 0 Å². The van der Waals surface area contributed by atoms with Crippen molar-refractivity contribution in [1.82, 2.24) is 0 Å². The molecule has 1 aromatic rings. The number of hydrogen-bond donors (Lipinski definition) is 1. The molecule has 25 heavy (non-hydrogen) atoms. The van der Waals surface area contributed by atoms with Crippen LogP contribution >= 0.6 is 0 Å². The summed E-state index contributed by atoms with van der Waals surface area (Å²) in [6.45, 7) is 6.00. The molecule has 5 nitrogen and oxygen atoms in total. The van der Waals surface area contributed by atoms with Crippen molar-refractivity contribution in [1.29, 1.82) is 0 Å². The van der Waals surface area contributed by atoms with Crippen LogP contribution in [0.15, 0.2) is 12.1 Å². The lowest BCUT2D eigenvalue weighted by atomic mass is 9.74. The van der Waals surface area contributed by atoms with Gasteiger partial charge in [0.1, 0.15) is 12.4 Å². The maximum absolute atomic E-state index is 14.5. The molecule has 138 valence electrons. The lowest BCUT2D eigenvalue weighted by molar-refractivity contribution is -0.137. The summed E-state index contributed by atoms with van der Waals surface area (Å²) in [6, 6.07) is 1.52. The van der Waals surface area contributed by atoms with Crippen molar-refractivity contribution < 1.29 is 36.4 Å². The van der Waals surface area contributed by atoms with Gasteiger partial charge in [0.25, 0.3) is 0 Å². The molecule has 10 heteroatoms. The Morgan fingerprint density at radius 1 is 1.20 bits per heavy atom. The second-order valence-electron chi connectivity index (χ2n) is 6.73. The van der Waals surface area contributed by atoms with Crippen molar-refractivity contribution in [2.45, 2.75) is 51.7 Å². The van der Waals surface area contributed by atoms with Gasteiger partial charge in [0.05, 0.1) is 16.8 Å². The van der Waals surface area contributed by atoms with Gasteiger partial charge in [-0.1, -0.05) is 0 Å². The van der Waals surface area contributed by atoms with E-state index in [1.165, 1.54) is 0 Å². The zero-order valence-electron chi connectivity index (χ0n) is 14.2. The number of carbonyl (C=O) groups is 1. The highest BCUT2D eigenvalue weighted by Crippen LogP contribution is 2.38. The highest BCUT2D eigenvalue weighted by Gasteiger charge is 2.54. The molecule has 2 rings (SSSR count). The fraction of sp³-hybridized carbons (Fsp3) is 0.533. The molecule has 1 amide bonds. The van der Waals surface area contributed by atoms with E-state index in [9.17, 15) is 22.4 Å². The molecule has 0 unspecified atom stereocenters. The summed E-state index contributed by atoms with van der Waals surface area (Å²) in [5, 5.41) is 0. The maximum Gasteiger partial charge on any atom is 0.498 e. The third kappa shape index (κ3) is 3.90. The lowest BCUT2D eigenvalue weighted by Gasteiger charge is -2.32. The summed E-state index contributed by atoms with van der Waals surface area (Å²) in [5.41, 5.74) is 0.727. The smallest absolute Gasteiger partial charge is 0.445 e. The number of carbonyl (C=O) groups excluding carboxylic acids is 1. The predicted molar refractivity (Wildman–Crippen MR) is 81.5 cm³/mol. The van der Waals surface area contributed by atoms with Crippen LogP contribution in [-0.4, -0.2) is 24.4 Å². The molecule has 0 spiro atoms. The first-order chi connectivity index (χ1) is 11.2. The van der Waals surface area contributed by atoms with E-state index in [0.717, 1.165) is 6.07 Å². The zero-order chi connectivity index (χ0) is 19.2. The predicted octanol–water partition coefficient (Wildman–Crippen LogP) is 2.74. The normalized spacial score (nSPS) is 19.1. The van der Waals surface area contributed by atoms with Crippen molar-refractivity contribution in [2.75, 3.05) is 0 Å². The van der Waals surface area contributed by atoms with Crippen LogP contribution in [0.25, 0.3) is 0 Å². The Hall–Kier alpha value is -1.81. The van der Waals surface area contributed by atoms with Gasteiger partial charge in [0, 0.05) is 5.46 Å². The van der Waals surface area contributed by atoms with Crippen molar-refractivity contribution in [3.8, 4) is 0 Å². The quantitative estimate of drug-likeness (QED) is 0.662. The molecule has 0 aliphatic carbocycles. The number of ether oxygens (including phenoxy) is 1. The first-order valence-electron chi connectivity index (χ1n) is 7.42. The summed E-state index contributed by atoms with van der Waals surface area (Å²) >= 11 is 0. The number of alkyl halides is 3. The van der Waals surface area contributed by atoms with E-state index in [-0.39, 0.29) is 5.56 Å². The van der Waals surface area contributed by atoms with E-state index < -0.39 is 54.0 Å². The van der Waals surface area contributed by atoms with E-state index in [0.29, 0.717) is 6.07 Å². The van der Waals surface area contributed by atoms with E-state index in [2.05, 4.69) is 4.74 Å². The van der Waals surface area contributed by atoms with Crippen LogP contribution in [0.2, 0.25) is 0 Å². The third-order valence-corrected chi connectivity index (χ3v) is 4.36. The first kappa shape index (κ1) is 19.5. The molecule has 1 saturated heterocycles. The maximum atomic E-state index is 14.5. The van der Waals surface area contributed by atoms with Crippen LogP contribution in [-0.2, 0) is 26.8 Å². The summed E-state index contributed by atoms with van der Waals surface area (Å²) in [4.78, 5) is 10.6. The van der Waals surface area contributed by atoms with Gasteiger partial charge in [0.15, 0.2) is 0 Å². The van der Waals surface area contributed by atoms with E-state index >= 15 is 0 Å². The van der Waals surface area contributed by atoms with Crippen molar-refractivity contribution in [3.05, 3.63) is 29.1 Å². The highest BCUT2D eigenvalue weighted by atomic mass is 19.4. The van der Waals surface area contributed by atoms with Gasteiger partial charge in [-0.25, -0.2) is 9.18 Å². The standard InChI is InChI=1S/C15H18BF4NO4/c1-13(2)14(3,4)25-16(24-13)11-9(15(18,19)20)5-8(6-10(11)17)7-23-12(21)22/h5-6H,7H2,1-4H3,(H2,21,22). The molecule has 1 aromatic carbocycles. The number of halogens is 4. The number of primary amides is 1. The fourth-order valence-electron chi connectivity index (χ4n) is 2.35. The second-order valence-corrected chi connectivity index (χ2v) is 6.73. The summed E-state index contributed by atoms with van der Waals surface area (Å²) in [7, 11) is -1.52. The minimum Gasteiger partial charge on any atom is -0.445 e. The topological polar surface area (TPSA) is 70.8 Å². The number of rotatable bonds is 3. The molecule has 0 radical (unpaired) electrons. The van der Waals surface area contributed by atoms with Crippen molar-refractivity contribution in [2.24, 2.45) is 5.73 Å². The molecule has 0 atom stereocenters. The van der Waals surface area contributed by atoms with Gasteiger partial charge in [-0.2, -0.15) is 13.2 Å².